The molecule has 0 aliphatic heterocycles. The zero-order chi connectivity index (χ0) is 13.0. The molecule has 0 unspecified atom stereocenters. The van der Waals surface area contributed by atoms with Crippen LogP contribution in [0.25, 0.3) is 0 Å². The molecule has 0 spiro atoms. The Kier molecular flexibility index (Phi) is 3.79. The Balaban J connectivity index is 2.02. The van der Waals surface area contributed by atoms with E-state index in [4.69, 9.17) is 15.6 Å². The highest BCUT2D eigenvalue weighted by atomic mass is 19.1. The van der Waals surface area contributed by atoms with Gasteiger partial charge in [0, 0.05) is 11.8 Å². The predicted octanol–water partition coefficient (Wildman–Crippen LogP) is 2.48. The molecule has 0 atom stereocenters. The third-order valence-electron chi connectivity index (χ3n) is 2.56. The van der Waals surface area contributed by atoms with Gasteiger partial charge in [0.15, 0.2) is 11.6 Å². The van der Waals surface area contributed by atoms with Crippen molar-refractivity contribution >= 4 is 5.69 Å². The third kappa shape index (κ3) is 2.99. The highest BCUT2D eigenvalue weighted by molar-refractivity contribution is 5.42. The van der Waals surface area contributed by atoms with Crippen LogP contribution in [0.15, 0.2) is 42.5 Å². The van der Waals surface area contributed by atoms with E-state index in [9.17, 15) is 4.39 Å². The average Bonchev–Trinajstić information content (AvgIpc) is 2.38. The summed E-state index contributed by atoms with van der Waals surface area (Å²) in [7, 11) is 0. The lowest BCUT2D eigenvalue weighted by atomic mass is 10.1. The molecular formula is C14H14FNO2. The molecule has 0 aliphatic rings. The predicted molar refractivity (Wildman–Crippen MR) is 67.5 cm³/mol. The van der Waals surface area contributed by atoms with Crippen molar-refractivity contribution in [1.29, 1.82) is 0 Å². The second-order valence-electron chi connectivity index (χ2n) is 3.95. The third-order valence-corrected chi connectivity index (χ3v) is 2.56. The first-order valence-corrected chi connectivity index (χ1v) is 5.55. The van der Waals surface area contributed by atoms with Crippen LogP contribution in [0.5, 0.6) is 5.75 Å². The van der Waals surface area contributed by atoms with Crippen LogP contribution in [0.1, 0.15) is 11.1 Å². The van der Waals surface area contributed by atoms with Crippen LogP contribution in [0.3, 0.4) is 0 Å². The van der Waals surface area contributed by atoms with Crippen LogP contribution >= 0.6 is 0 Å². The van der Waals surface area contributed by atoms with Gasteiger partial charge in [-0.25, -0.2) is 4.39 Å². The van der Waals surface area contributed by atoms with Crippen LogP contribution in [0, 0.1) is 5.82 Å². The summed E-state index contributed by atoms with van der Waals surface area (Å²) in [6.07, 6.45) is 0. The molecular weight excluding hydrogens is 233 g/mol. The van der Waals surface area contributed by atoms with Crippen molar-refractivity contribution in [3.05, 3.63) is 59.4 Å². The van der Waals surface area contributed by atoms with E-state index in [-0.39, 0.29) is 19.0 Å². The summed E-state index contributed by atoms with van der Waals surface area (Å²) in [5.41, 5.74) is 7.55. The quantitative estimate of drug-likeness (QED) is 0.816. The largest absolute Gasteiger partial charge is 0.486 e. The summed E-state index contributed by atoms with van der Waals surface area (Å²) in [5, 5.41) is 8.91. The van der Waals surface area contributed by atoms with E-state index in [1.807, 2.05) is 12.1 Å². The van der Waals surface area contributed by atoms with Crippen molar-refractivity contribution in [3.8, 4) is 5.75 Å². The van der Waals surface area contributed by atoms with Gasteiger partial charge in [0.05, 0.1) is 6.61 Å². The normalized spacial score (nSPS) is 10.3. The summed E-state index contributed by atoms with van der Waals surface area (Å²) in [6, 6.07) is 11.6. The van der Waals surface area contributed by atoms with Gasteiger partial charge >= 0.3 is 0 Å². The Morgan fingerprint density at radius 2 is 1.72 bits per heavy atom. The zero-order valence-electron chi connectivity index (χ0n) is 9.77. The molecule has 0 radical (unpaired) electrons. The Hall–Kier alpha value is -2.07. The van der Waals surface area contributed by atoms with Gasteiger partial charge in [0.25, 0.3) is 0 Å². The van der Waals surface area contributed by atoms with Crippen molar-refractivity contribution in [2.75, 3.05) is 5.73 Å². The molecule has 0 bridgehead atoms. The monoisotopic (exact) mass is 247 g/mol. The van der Waals surface area contributed by atoms with E-state index in [2.05, 4.69) is 0 Å². The minimum Gasteiger partial charge on any atom is -0.486 e. The molecule has 4 heteroatoms. The molecule has 0 saturated carbocycles. The minimum absolute atomic E-state index is 0.00767. The number of rotatable bonds is 4. The highest BCUT2D eigenvalue weighted by Crippen LogP contribution is 2.20. The SMILES string of the molecule is Nc1ccc(OCc2ccc(CO)cc2)c(F)c1. The second kappa shape index (κ2) is 5.51. The Bertz CT molecular complexity index is 526. The number of hydrogen-bond donors (Lipinski definition) is 2. The number of nitrogen functional groups attached to an aromatic ring is 1. The van der Waals surface area contributed by atoms with Gasteiger partial charge in [-0.05, 0) is 23.3 Å². The molecule has 3 N–H and O–H groups in total. The van der Waals surface area contributed by atoms with E-state index in [1.54, 1.807) is 18.2 Å². The molecule has 0 aromatic heterocycles. The number of halogens is 1. The molecule has 0 aliphatic carbocycles. The maximum atomic E-state index is 13.4. The van der Waals surface area contributed by atoms with Crippen LogP contribution < -0.4 is 10.5 Å². The molecule has 0 fully saturated rings. The minimum atomic E-state index is -0.470. The van der Waals surface area contributed by atoms with Gasteiger partial charge < -0.3 is 15.6 Å². The first-order valence-electron chi connectivity index (χ1n) is 5.55. The maximum absolute atomic E-state index is 13.4. The number of aliphatic hydroxyl groups excluding tert-OH is 1. The fourth-order valence-corrected chi connectivity index (χ4v) is 1.54. The van der Waals surface area contributed by atoms with E-state index >= 15 is 0 Å². The van der Waals surface area contributed by atoms with Crippen LogP contribution in [0.2, 0.25) is 0 Å². The fraction of sp³-hybridized carbons (Fsp3) is 0.143. The molecule has 3 nitrogen and oxygen atoms in total. The summed E-state index contributed by atoms with van der Waals surface area (Å²) in [4.78, 5) is 0. The maximum Gasteiger partial charge on any atom is 0.167 e. The van der Waals surface area contributed by atoms with Gasteiger partial charge in [-0.1, -0.05) is 24.3 Å². The average molecular weight is 247 g/mol. The lowest BCUT2D eigenvalue weighted by Gasteiger charge is -2.08. The zero-order valence-corrected chi connectivity index (χ0v) is 9.77. The Morgan fingerprint density at radius 1 is 1.06 bits per heavy atom. The fourth-order valence-electron chi connectivity index (χ4n) is 1.54. The van der Waals surface area contributed by atoms with Gasteiger partial charge in [-0.3, -0.25) is 0 Å². The first-order chi connectivity index (χ1) is 8.69. The second-order valence-corrected chi connectivity index (χ2v) is 3.95. The van der Waals surface area contributed by atoms with Crippen molar-refractivity contribution in [2.24, 2.45) is 0 Å². The van der Waals surface area contributed by atoms with Crippen LogP contribution in [-0.4, -0.2) is 5.11 Å². The summed E-state index contributed by atoms with van der Waals surface area (Å²) in [6.45, 7) is 0.278. The van der Waals surface area contributed by atoms with Crippen molar-refractivity contribution in [1.82, 2.24) is 0 Å². The molecule has 0 heterocycles. The van der Waals surface area contributed by atoms with Gasteiger partial charge in [0.1, 0.15) is 6.61 Å². The summed E-state index contributed by atoms with van der Waals surface area (Å²) < 4.78 is 18.8. The molecule has 0 saturated heterocycles. The Morgan fingerprint density at radius 3 is 2.33 bits per heavy atom. The number of aliphatic hydroxyl groups is 1. The van der Waals surface area contributed by atoms with Crippen LogP contribution in [0.4, 0.5) is 10.1 Å². The number of benzene rings is 2. The van der Waals surface area contributed by atoms with E-state index in [1.165, 1.54) is 12.1 Å². The molecule has 18 heavy (non-hydrogen) atoms. The van der Waals surface area contributed by atoms with E-state index < -0.39 is 5.82 Å². The molecule has 94 valence electrons. The standard InChI is InChI=1S/C14H14FNO2/c15-13-7-12(16)5-6-14(13)18-9-11-3-1-10(8-17)2-4-11/h1-7,17H,8-9,16H2. The number of anilines is 1. The van der Waals surface area contributed by atoms with E-state index in [0.717, 1.165) is 11.1 Å². The number of ether oxygens (including phenoxy) is 1. The van der Waals surface area contributed by atoms with Crippen molar-refractivity contribution < 1.29 is 14.2 Å². The Labute approximate surface area is 105 Å². The molecule has 2 rings (SSSR count). The number of nitrogens with two attached hydrogens (primary N) is 1. The van der Waals surface area contributed by atoms with Gasteiger partial charge in [0.2, 0.25) is 0 Å². The van der Waals surface area contributed by atoms with Crippen LogP contribution in [-0.2, 0) is 13.2 Å². The van der Waals surface area contributed by atoms with Gasteiger partial charge in [-0.2, -0.15) is 0 Å². The summed E-state index contributed by atoms with van der Waals surface area (Å²) in [5.74, 6) is -0.294. The topological polar surface area (TPSA) is 55.5 Å². The summed E-state index contributed by atoms with van der Waals surface area (Å²) >= 11 is 0. The first kappa shape index (κ1) is 12.4. The lowest BCUT2D eigenvalue weighted by Crippen LogP contribution is -1.98. The van der Waals surface area contributed by atoms with Gasteiger partial charge in [-0.15, -0.1) is 0 Å². The van der Waals surface area contributed by atoms with Crippen molar-refractivity contribution in [2.45, 2.75) is 13.2 Å². The number of hydrogen-bond acceptors (Lipinski definition) is 3. The van der Waals surface area contributed by atoms with E-state index in [0.29, 0.717) is 5.69 Å². The lowest BCUT2D eigenvalue weighted by molar-refractivity contribution is 0.280. The molecule has 2 aromatic carbocycles. The smallest absolute Gasteiger partial charge is 0.167 e. The molecule has 0 amide bonds. The highest BCUT2D eigenvalue weighted by Gasteiger charge is 2.03. The molecule has 2 aromatic rings. The van der Waals surface area contributed by atoms with Crippen molar-refractivity contribution in [3.63, 3.8) is 0 Å².